The van der Waals surface area contributed by atoms with Gasteiger partial charge >= 0.3 is 0 Å². The molecular formula is C21H21F2N5O. The van der Waals surface area contributed by atoms with Crippen molar-refractivity contribution in [2.24, 2.45) is 5.73 Å². The van der Waals surface area contributed by atoms with Crippen molar-refractivity contribution in [3.8, 4) is 0 Å². The van der Waals surface area contributed by atoms with Crippen LogP contribution < -0.4 is 11.1 Å². The van der Waals surface area contributed by atoms with Gasteiger partial charge in [-0.05, 0) is 35.4 Å². The third kappa shape index (κ3) is 5.32. The number of anilines is 1. The van der Waals surface area contributed by atoms with Gasteiger partial charge in [-0.25, -0.2) is 8.78 Å². The van der Waals surface area contributed by atoms with E-state index in [-0.39, 0.29) is 19.0 Å². The van der Waals surface area contributed by atoms with Crippen molar-refractivity contribution in [3.63, 3.8) is 0 Å². The summed E-state index contributed by atoms with van der Waals surface area (Å²) in [6.07, 6.45) is 8.60. The number of aromatic nitrogens is 1. The van der Waals surface area contributed by atoms with Gasteiger partial charge in [-0.3, -0.25) is 14.7 Å². The second kappa shape index (κ2) is 8.74. The molecule has 1 aromatic carbocycles. The summed E-state index contributed by atoms with van der Waals surface area (Å²) in [5.41, 5.74) is 8.91. The molecule has 0 bridgehead atoms. The third-order valence-electron chi connectivity index (χ3n) is 4.45. The Hall–Kier alpha value is -3.39. The van der Waals surface area contributed by atoms with E-state index in [1.165, 1.54) is 12.3 Å². The van der Waals surface area contributed by atoms with E-state index < -0.39 is 5.92 Å². The molecule has 0 unspecified atom stereocenters. The first-order valence-corrected chi connectivity index (χ1v) is 8.95. The predicted octanol–water partition coefficient (Wildman–Crippen LogP) is 3.13. The fourth-order valence-electron chi connectivity index (χ4n) is 3.04. The fraction of sp³-hybridized carbons (Fsp3) is 0.190. The summed E-state index contributed by atoms with van der Waals surface area (Å²) >= 11 is 0. The number of alkyl halides is 2. The molecule has 0 spiro atoms. The number of hydrogen-bond donors (Lipinski definition) is 3. The Labute approximate surface area is 167 Å². The van der Waals surface area contributed by atoms with Crippen molar-refractivity contribution in [2.45, 2.75) is 12.5 Å². The Morgan fingerprint density at radius 3 is 2.62 bits per heavy atom. The Kier molecular flexibility index (Phi) is 6.13. The maximum atomic E-state index is 12.9. The molecule has 8 heteroatoms. The minimum absolute atomic E-state index is 0.217. The number of nitrogens with one attached hydrogen (secondary N) is 2. The van der Waals surface area contributed by atoms with Gasteiger partial charge < -0.3 is 16.5 Å². The van der Waals surface area contributed by atoms with E-state index in [2.05, 4.69) is 10.3 Å². The number of benzene rings is 1. The number of allylic oxidation sites excluding steroid dienone is 1. The fourth-order valence-corrected chi connectivity index (χ4v) is 3.04. The van der Waals surface area contributed by atoms with Crippen molar-refractivity contribution >= 4 is 29.5 Å². The van der Waals surface area contributed by atoms with E-state index >= 15 is 0 Å². The molecule has 1 saturated heterocycles. The molecule has 1 aliphatic heterocycles. The molecule has 29 heavy (non-hydrogen) atoms. The van der Waals surface area contributed by atoms with Gasteiger partial charge in [-0.1, -0.05) is 12.1 Å². The van der Waals surface area contributed by atoms with E-state index in [1.54, 1.807) is 53.7 Å². The van der Waals surface area contributed by atoms with Gasteiger partial charge in [-0.2, -0.15) is 0 Å². The van der Waals surface area contributed by atoms with E-state index in [4.69, 9.17) is 11.1 Å². The summed E-state index contributed by atoms with van der Waals surface area (Å²) in [6.45, 7) is 0.0226. The molecule has 1 aromatic heterocycles. The second-order valence-corrected chi connectivity index (χ2v) is 6.75. The zero-order chi connectivity index (χ0) is 20.9. The van der Waals surface area contributed by atoms with E-state index in [9.17, 15) is 13.6 Å². The van der Waals surface area contributed by atoms with Crippen molar-refractivity contribution < 1.29 is 13.6 Å². The number of hydrogen-bond acceptors (Lipinski definition) is 5. The molecule has 0 atom stereocenters. The molecule has 1 fully saturated rings. The zero-order valence-electron chi connectivity index (χ0n) is 15.6. The average Bonchev–Trinajstić information content (AvgIpc) is 2.68. The van der Waals surface area contributed by atoms with Crippen LogP contribution in [0.15, 0.2) is 55.0 Å². The highest BCUT2D eigenvalue weighted by molar-refractivity contribution is 6.10. The molecule has 2 aromatic rings. The van der Waals surface area contributed by atoms with Crippen LogP contribution in [0, 0.1) is 5.41 Å². The Morgan fingerprint density at radius 1 is 1.28 bits per heavy atom. The van der Waals surface area contributed by atoms with Gasteiger partial charge in [0, 0.05) is 54.3 Å². The molecule has 0 aliphatic carbocycles. The summed E-state index contributed by atoms with van der Waals surface area (Å²) in [6, 6.07) is 8.79. The Bertz CT molecular complexity index is 946. The van der Waals surface area contributed by atoms with Crippen LogP contribution in [0.5, 0.6) is 0 Å². The first kappa shape index (κ1) is 20.3. The highest BCUT2D eigenvalue weighted by atomic mass is 19.3. The number of carbonyl (C=O) groups is 1. The lowest BCUT2D eigenvalue weighted by molar-refractivity contribution is -0.133. The topological polar surface area (TPSA) is 95.1 Å². The third-order valence-corrected chi connectivity index (χ3v) is 4.45. The number of nitrogens with zero attached hydrogens (tertiary/aromatic N) is 2. The van der Waals surface area contributed by atoms with Crippen LogP contribution in [-0.2, 0) is 11.3 Å². The highest BCUT2D eigenvalue weighted by Gasteiger charge is 2.43. The summed E-state index contributed by atoms with van der Waals surface area (Å²) in [7, 11) is 0. The maximum absolute atomic E-state index is 12.9. The van der Waals surface area contributed by atoms with Gasteiger partial charge in [0.05, 0.1) is 13.1 Å². The first-order chi connectivity index (χ1) is 13.9. The zero-order valence-corrected chi connectivity index (χ0v) is 15.6. The quantitative estimate of drug-likeness (QED) is 0.494. The summed E-state index contributed by atoms with van der Waals surface area (Å²) < 4.78 is 25.8. The molecule has 0 saturated carbocycles. The molecule has 1 amide bonds. The molecular weight excluding hydrogens is 376 g/mol. The Balaban J connectivity index is 1.59. The number of pyridine rings is 1. The number of halogens is 2. The van der Waals surface area contributed by atoms with Crippen LogP contribution in [0.3, 0.4) is 0 Å². The summed E-state index contributed by atoms with van der Waals surface area (Å²) in [5, 5.41) is 10.2. The normalized spacial score (nSPS) is 16.4. The van der Waals surface area contributed by atoms with Gasteiger partial charge in [0.25, 0.3) is 5.92 Å². The van der Waals surface area contributed by atoms with Gasteiger partial charge in [-0.15, -0.1) is 0 Å². The SMILES string of the molecule is N=CC(=CN)c1ccncc1/C=C/C(=O)Nc1ccc(CN2CC(F)(F)C2)cc1. The van der Waals surface area contributed by atoms with Crippen LogP contribution in [0.4, 0.5) is 14.5 Å². The minimum atomic E-state index is -2.58. The van der Waals surface area contributed by atoms with Crippen molar-refractivity contribution in [1.29, 1.82) is 5.41 Å². The van der Waals surface area contributed by atoms with Gasteiger partial charge in [0.15, 0.2) is 0 Å². The van der Waals surface area contributed by atoms with Gasteiger partial charge in [0.2, 0.25) is 5.91 Å². The standard InChI is InChI=1S/C21H21F2N5O/c22-21(23)13-28(14-21)12-15-1-4-18(5-2-15)27-20(29)6-3-16-11-26-8-7-19(16)17(9-24)10-25/h1-11,24H,12-14,25H2,(H,27,29)/b6-3+,17-10?,24-9?. The van der Waals surface area contributed by atoms with Crippen LogP contribution in [0.25, 0.3) is 11.6 Å². The number of rotatable bonds is 7. The second-order valence-electron chi connectivity index (χ2n) is 6.75. The number of carbonyl (C=O) groups excluding carboxylic acids is 1. The highest BCUT2D eigenvalue weighted by Crippen LogP contribution is 2.28. The first-order valence-electron chi connectivity index (χ1n) is 8.95. The van der Waals surface area contributed by atoms with E-state index in [0.29, 0.717) is 28.9 Å². The molecule has 6 nitrogen and oxygen atoms in total. The van der Waals surface area contributed by atoms with Crippen LogP contribution >= 0.6 is 0 Å². The number of nitrogens with two attached hydrogens (primary N) is 1. The van der Waals surface area contributed by atoms with E-state index in [0.717, 1.165) is 11.8 Å². The van der Waals surface area contributed by atoms with Crippen molar-refractivity contribution in [3.05, 3.63) is 71.7 Å². The van der Waals surface area contributed by atoms with E-state index in [1.807, 2.05) is 0 Å². The monoisotopic (exact) mass is 397 g/mol. The molecule has 1 aliphatic rings. The average molecular weight is 397 g/mol. The van der Waals surface area contributed by atoms with Crippen LogP contribution in [-0.4, -0.2) is 41.0 Å². The largest absolute Gasteiger partial charge is 0.404 e. The van der Waals surface area contributed by atoms with Crippen LogP contribution in [0.1, 0.15) is 16.7 Å². The molecule has 2 heterocycles. The minimum Gasteiger partial charge on any atom is -0.404 e. The number of amides is 1. The van der Waals surface area contributed by atoms with Crippen molar-refractivity contribution in [1.82, 2.24) is 9.88 Å². The Morgan fingerprint density at radius 2 is 2.00 bits per heavy atom. The summed E-state index contributed by atoms with van der Waals surface area (Å²) in [4.78, 5) is 17.9. The van der Waals surface area contributed by atoms with Crippen LogP contribution in [0.2, 0.25) is 0 Å². The molecule has 0 radical (unpaired) electrons. The maximum Gasteiger partial charge on any atom is 0.272 e. The van der Waals surface area contributed by atoms with Gasteiger partial charge in [0.1, 0.15) is 0 Å². The smallest absolute Gasteiger partial charge is 0.272 e. The predicted molar refractivity (Wildman–Crippen MR) is 110 cm³/mol. The van der Waals surface area contributed by atoms with Crippen molar-refractivity contribution in [2.75, 3.05) is 18.4 Å². The molecule has 4 N–H and O–H groups in total. The molecule has 150 valence electrons. The lowest BCUT2D eigenvalue weighted by atomic mass is 10.0. The summed E-state index contributed by atoms with van der Waals surface area (Å²) in [5.74, 6) is -2.91. The molecule has 3 rings (SSSR count). The lowest BCUT2D eigenvalue weighted by Gasteiger charge is -2.38. The lowest BCUT2D eigenvalue weighted by Crippen LogP contribution is -2.55. The number of likely N-dealkylation sites (tertiary alicyclic amines) is 1.